The fraction of sp³-hybridized carbons (Fsp3) is 0.400. The zero-order valence-corrected chi connectivity index (χ0v) is 16.4. The van der Waals surface area contributed by atoms with E-state index in [1.54, 1.807) is 14.2 Å². The zero-order valence-electron chi connectivity index (χ0n) is 16.4. The molecule has 0 fully saturated rings. The van der Waals surface area contributed by atoms with E-state index in [0.717, 1.165) is 40.8 Å². The van der Waals surface area contributed by atoms with Crippen molar-refractivity contribution in [2.45, 2.75) is 33.2 Å². The standard InChI is InChI=1S/C20H23N5O3/c1-11(2)7-13-8-16(20(26)27)25-6-5-12-9-17(28-4)15(10-14(12)18(13)25)19-21-23-24(3)22-19/h8-11H,5-7H2,1-4H3,(H,26,27). The molecule has 8 heteroatoms. The van der Waals surface area contributed by atoms with Crippen LogP contribution < -0.4 is 4.74 Å². The predicted molar refractivity (Wildman–Crippen MR) is 103 cm³/mol. The number of nitrogens with zero attached hydrogens (tertiary/aromatic N) is 5. The van der Waals surface area contributed by atoms with Gasteiger partial charge in [-0.1, -0.05) is 13.8 Å². The Kier molecular flexibility index (Phi) is 4.41. The van der Waals surface area contributed by atoms with Gasteiger partial charge in [0.25, 0.3) is 0 Å². The van der Waals surface area contributed by atoms with Crippen LogP contribution in [0.5, 0.6) is 5.75 Å². The van der Waals surface area contributed by atoms with Gasteiger partial charge in [0, 0.05) is 12.1 Å². The van der Waals surface area contributed by atoms with Crippen molar-refractivity contribution in [1.82, 2.24) is 24.8 Å². The summed E-state index contributed by atoms with van der Waals surface area (Å²) in [6.07, 6.45) is 1.55. The summed E-state index contributed by atoms with van der Waals surface area (Å²) in [7, 11) is 3.34. The molecule has 146 valence electrons. The number of carboxylic acids is 1. The molecule has 3 aromatic rings. The van der Waals surface area contributed by atoms with Crippen molar-refractivity contribution < 1.29 is 14.6 Å². The maximum atomic E-state index is 11.8. The number of rotatable bonds is 5. The number of carboxylic acid groups (broad SMARTS) is 1. The van der Waals surface area contributed by atoms with E-state index in [9.17, 15) is 9.90 Å². The van der Waals surface area contributed by atoms with Crippen LogP contribution in [-0.2, 0) is 26.4 Å². The first-order valence-corrected chi connectivity index (χ1v) is 9.30. The highest BCUT2D eigenvalue weighted by atomic mass is 16.5. The van der Waals surface area contributed by atoms with Gasteiger partial charge in [0.05, 0.1) is 25.4 Å². The lowest BCUT2D eigenvalue weighted by molar-refractivity contribution is 0.0685. The topological polar surface area (TPSA) is 95.1 Å². The number of aromatic nitrogens is 5. The third-order valence-electron chi connectivity index (χ3n) is 5.06. The van der Waals surface area contributed by atoms with Crippen molar-refractivity contribution in [3.63, 3.8) is 0 Å². The van der Waals surface area contributed by atoms with Crippen molar-refractivity contribution in [2.24, 2.45) is 13.0 Å². The maximum absolute atomic E-state index is 11.8. The minimum absolute atomic E-state index is 0.339. The Labute approximate surface area is 162 Å². The van der Waals surface area contributed by atoms with E-state index in [-0.39, 0.29) is 0 Å². The Balaban J connectivity index is 1.96. The molecule has 0 bridgehead atoms. The first kappa shape index (κ1) is 18.2. The number of benzene rings is 1. The third kappa shape index (κ3) is 2.94. The molecule has 0 spiro atoms. The monoisotopic (exact) mass is 381 g/mol. The largest absolute Gasteiger partial charge is 0.496 e. The van der Waals surface area contributed by atoms with Gasteiger partial charge in [0.15, 0.2) is 0 Å². The lowest BCUT2D eigenvalue weighted by Crippen LogP contribution is -2.16. The minimum Gasteiger partial charge on any atom is -0.496 e. The molecule has 0 unspecified atom stereocenters. The van der Waals surface area contributed by atoms with Crippen LogP contribution in [-0.4, -0.2) is 43.0 Å². The molecular formula is C20H23N5O3. The van der Waals surface area contributed by atoms with E-state index in [0.29, 0.717) is 29.7 Å². The summed E-state index contributed by atoms with van der Waals surface area (Å²) in [4.78, 5) is 13.2. The number of fused-ring (bicyclic) bond motifs is 3. The number of hydrogen-bond acceptors (Lipinski definition) is 5. The Morgan fingerprint density at radius 3 is 2.68 bits per heavy atom. The number of aryl methyl sites for hydroxylation is 2. The third-order valence-corrected chi connectivity index (χ3v) is 5.06. The molecule has 1 aliphatic heterocycles. The van der Waals surface area contributed by atoms with Crippen molar-refractivity contribution >= 4 is 5.97 Å². The molecule has 0 saturated heterocycles. The molecule has 2 aromatic heterocycles. The number of ether oxygens (including phenoxy) is 1. The van der Waals surface area contributed by atoms with Gasteiger partial charge in [-0.3, -0.25) is 0 Å². The molecule has 0 aliphatic carbocycles. The second-order valence-corrected chi connectivity index (χ2v) is 7.52. The van der Waals surface area contributed by atoms with Crippen LogP contribution in [0.1, 0.15) is 35.5 Å². The lowest BCUT2D eigenvalue weighted by Gasteiger charge is -2.24. The van der Waals surface area contributed by atoms with Crippen molar-refractivity contribution in [3.8, 4) is 28.4 Å². The molecule has 0 saturated carbocycles. The lowest BCUT2D eigenvalue weighted by atomic mass is 9.91. The average molecular weight is 381 g/mol. The quantitative estimate of drug-likeness (QED) is 0.730. The van der Waals surface area contributed by atoms with Crippen LogP contribution in [0.25, 0.3) is 22.6 Å². The molecule has 8 nitrogen and oxygen atoms in total. The van der Waals surface area contributed by atoms with Crippen molar-refractivity contribution in [2.75, 3.05) is 7.11 Å². The van der Waals surface area contributed by atoms with E-state index >= 15 is 0 Å². The van der Waals surface area contributed by atoms with E-state index in [2.05, 4.69) is 29.3 Å². The van der Waals surface area contributed by atoms with Crippen LogP contribution in [0.15, 0.2) is 18.2 Å². The summed E-state index contributed by atoms with van der Waals surface area (Å²) in [6, 6.07) is 5.83. The maximum Gasteiger partial charge on any atom is 0.352 e. The number of tetrazole rings is 1. The smallest absolute Gasteiger partial charge is 0.352 e. The molecule has 3 heterocycles. The Morgan fingerprint density at radius 2 is 2.07 bits per heavy atom. The van der Waals surface area contributed by atoms with Gasteiger partial charge in [-0.05, 0) is 53.3 Å². The summed E-state index contributed by atoms with van der Waals surface area (Å²) in [5.74, 6) is 0.688. The van der Waals surface area contributed by atoms with Crippen LogP contribution in [0.4, 0.5) is 0 Å². The molecular weight excluding hydrogens is 358 g/mol. The molecule has 1 aliphatic rings. The summed E-state index contributed by atoms with van der Waals surface area (Å²) in [5, 5.41) is 22.0. The highest BCUT2D eigenvalue weighted by Crippen LogP contribution is 2.41. The summed E-state index contributed by atoms with van der Waals surface area (Å²) in [6.45, 7) is 4.91. The second kappa shape index (κ2) is 6.78. The van der Waals surface area contributed by atoms with Crippen molar-refractivity contribution in [3.05, 3.63) is 35.0 Å². The van der Waals surface area contributed by atoms with E-state index in [1.807, 2.05) is 22.8 Å². The normalized spacial score (nSPS) is 12.8. The Bertz CT molecular complexity index is 1060. The Morgan fingerprint density at radius 1 is 1.29 bits per heavy atom. The summed E-state index contributed by atoms with van der Waals surface area (Å²) >= 11 is 0. The molecule has 0 radical (unpaired) electrons. The van der Waals surface area contributed by atoms with Crippen LogP contribution >= 0.6 is 0 Å². The fourth-order valence-corrected chi connectivity index (χ4v) is 3.95. The number of methoxy groups -OCH3 is 1. The van der Waals surface area contributed by atoms with Gasteiger partial charge in [-0.15, -0.1) is 10.2 Å². The minimum atomic E-state index is -0.899. The summed E-state index contributed by atoms with van der Waals surface area (Å²) in [5.41, 5.74) is 5.26. The molecule has 0 atom stereocenters. The van der Waals surface area contributed by atoms with Gasteiger partial charge in [-0.25, -0.2) is 4.79 Å². The van der Waals surface area contributed by atoms with Gasteiger partial charge in [0.1, 0.15) is 11.4 Å². The van der Waals surface area contributed by atoms with Gasteiger partial charge < -0.3 is 14.4 Å². The van der Waals surface area contributed by atoms with E-state index in [1.165, 1.54) is 4.80 Å². The zero-order chi connectivity index (χ0) is 20.0. The molecule has 0 amide bonds. The molecule has 4 rings (SSSR count). The summed E-state index contributed by atoms with van der Waals surface area (Å²) < 4.78 is 7.50. The highest BCUT2D eigenvalue weighted by molar-refractivity contribution is 5.90. The first-order valence-electron chi connectivity index (χ1n) is 9.30. The number of aromatic carboxylic acids is 1. The van der Waals surface area contributed by atoms with Crippen molar-refractivity contribution in [1.29, 1.82) is 0 Å². The van der Waals surface area contributed by atoms with Crippen LogP contribution in [0, 0.1) is 5.92 Å². The van der Waals surface area contributed by atoms with Gasteiger partial charge in [0.2, 0.25) is 5.82 Å². The van der Waals surface area contributed by atoms with Gasteiger partial charge in [-0.2, -0.15) is 4.80 Å². The van der Waals surface area contributed by atoms with Gasteiger partial charge >= 0.3 is 5.97 Å². The Hall–Kier alpha value is -3.16. The van der Waals surface area contributed by atoms with E-state index in [4.69, 9.17) is 4.74 Å². The first-order chi connectivity index (χ1) is 13.4. The van der Waals surface area contributed by atoms with E-state index < -0.39 is 5.97 Å². The average Bonchev–Trinajstić information content (AvgIpc) is 3.24. The van der Waals surface area contributed by atoms with Crippen LogP contribution in [0.3, 0.4) is 0 Å². The SMILES string of the molecule is COc1cc2c(cc1-c1nnn(C)n1)-c1c(CC(C)C)cc(C(=O)O)n1CC2. The highest BCUT2D eigenvalue weighted by Gasteiger charge is 2.28. The second-order valence-electron chi connectivity index (χ2n) is 7.52. The van der Waals surface area contributed by atoms with Crippen LogP contribution in [0.2, 0.25) is 0 Å². The molecule has 1 N–H and O–H groups in total. The number of carbonyl (C=O) groups is 1. The fourth-order valence-electron chi connectivity index (χ4n) is 3.95. The predicted octanol–water partition coefficient (Wildman–Crippen LogP) is 2.81. The molecule has 28 heavy (non-hydrogen) atoms. The number of hydrogen-bond donors (Lipinski definition) is 1. The molecule has 1 aromatic carbocycles.